The van der Waals surface area contributed by atoms with Crippen LogP contribution in [0.1, 0.15) is 28.8 Å². The maximum Gasteiger partial charge on any atom is 0.319 e. The molecule has 0 amide bonds. The highest BCUT2D eigenvalue weighted by Crippen LogP contribution is 2.37. The van der Waals surface area contributed by atoms with Gasteiger partial charge < -0.3 is 14.3 Å². The number of fused-ring (bicyclic) bond motifs is 2. The van der Waals surface area contributed by atoms with Gasteiger partial charge in [0, 0.05) is 36.7 Å². The van der Waals surface area contributed by atoms with Gasteiger partial charge in [-0.2, -0.15) is 5.10 Å². The minimum absolute atomic E-state index is 0.335. The largest absolute Gasteiger partial charge is 0.403 e. The van der Waals surface area contributed by atoms with Crippen LogP contribution >= 0.6 is 0 Å². The molecule has 0 saturated heterocycles. The molecule has 5 aromatic heterocycles. The van der Waals surface area contributed by atoms with Crippen LogP contribution < -0.4 is 4.90 Å². The summed E-state index contributed by atoms with van der Waals surface area (Å²) in [5.41, 5.74) is 4.46. The molecule has 0 spiro atoms. The first kappa shape index (κ1) is 17.8. The molecule has 0 aliphatic carbocycles. The summed E-state index contributed by atoms with van der Waals surface area (Å²) < 4.78 is 21.9. The molecule has 10 heteroatoms. The number of rotatable bonds is 3. The zero-order valence-electron chi connectivity index (χ0n) is 16.5. The summed E-state index contributed by atoms with van der Waals surface area (Å²) >= 11 is 0. The molecular weight excluding hydrogens is 399 g/mol. The molecule has 0 fully saturated rings. The predicted molar refractivity (Wildman–Crippen MR) is 109 cm³/mol. The molecule has 31 heavy (non-hydrogen) atoms. The fraction of sp³-hybridized carbons (Fsp3) is 0.190. The van der Waals surface area contributed by atoms with Crippen molar-refractivity contribution in [2.24, 2.45) is 0 Å². The molecule has 0 saturated carbocycles. The molecule has 6 rings (SSSR count). The monoisotopic (exact) mass is 416 g/mol. The average Bonchev–Trinajstić information content (AvgIpc) is 3.52. The summed E-state index contributed by atoms with van der Waals surface area (Å²) in [6, 6.07) is 8.46. The number of anilines is 1. The average molecular weight is 416 g/mol. The van der Waals surface area contributed by atoms with Crippen LogP contribution in [0.25, 0.3) is 17.0 Å². The third kappa shape index (κ3) is 2.79. The van der Waals surface area contributed by atoms with Crippen LogP contribution in [0.4, 0.5) is 10.4 Å². The summed E-state index contributed by atoms with van der Waals surface area (Å²) in [4.78, 5) is 14.0. The zero-order valence-corrected chi connectivity index (χ0v) is 16.5. The highest BCUT2D eigenvalue weighted by atomic mass is 19.1. The number of hydrogen-bond donors (Lipinski definition) is 1. The van der Waals surface area contributed by atoms with Crippen LogP contribution in [0.15, 0.2) is 53.5 Å². The SMILES string of the molecule is Cc1ncccc1-c1nnc(N2CCc3[nH]cnc3[C@@H]2c2cc3c(F)cccn3n2)o1. The number of aryl methyl sites for hydroxylation is 1. The predicted octanol–water partition coefficient (Wildman–Crippen LogP) is 3.10. The van der Waals surface area contributed by atoms with Gasteiger partial charge in [0.2, 0.25) is 0 Å². The second-order valence-corrected chi connectivity index (χ2v) is 7.39. The van der Waals surface area contributed by atoms with Crippen LogP contribution in [0, 0.1) is 12.7 Å². The highest BCUT2D eigenvalue weighted by Gasteiger charge is 2.36. The topological polar surface area (TPSA) is 101 Å². The van der Waals surface area contributed by atoms with Crippen molar-refractivity contribution in [2.45, 2.75) is 19.4 Å². The van der Waals surface area contributed by atoms with Crippen molar-refractivity contribution in [3.8, 4) is 11.5 Å². The molecule has 0 unspecified atom stereocenters. The number of H-pyrrole nitrogens is 1. The zero-order chi connectivity index (χ0) is 20.9. The van der Waals surface area contributed by atoms with E-state index < -0.39 is 6.04 Å². The van der Waals surface area contributed by atoms with Crippen molar-refractivity contribution in [2.75, 3.05) is 11.4 Å². The Labute approximate surface area is 175 Å². The molecule has 6 heterocycles. The first-order valence-electron chi connectivity index (χ1n) is 9.87. The lowest BCUT2D eigenvalue weighted by Crippen LogP contribution is -2.36. The second-order valence-electron chi connectivity index (χ2n) is 7.39. The Balaban J connectivity index is 1.46. The quantitative estimate of drug-likeness (QED) is 0.482. The Hall–Kier alpha value is -4.08. The van der Waals surface area contributed by atoms with Crippen LogP contribution in [0.2, 0.25) is 0 Å². The first-order chi connectivity index (χ1) is 15.2. The van der Waals surface area contributed by atoms with Crippen molar-refractivity contribution in [1.29, 1.82) is 0 Å². The van der Waals surface area contributed by atoms with Crippen molar-refractivity contribution in [3.05, 3.63) is 77.6 Å². The van der Waals surface area contributed by atoms with Gasteiger partial charge in [-0.3, -0.25) is 4.98 Å². The van der Waals surface area contributed by atoms with E-state index in [9.17, 15) is 4.39 Å². The lowest BCUT2D eigenvalue weighted by molar-refractivity contribution is 0.503. The van der Waals surface area contributed by atoms with E-state index in [1.807, 2.05) is 24.0 Å². The first-order valence-corrected chi connectivity index (χ1v) is 9.87. The molecule has 9 nitrogen and oxygen atoms in total. The van der Waals surface area contributed by atoms with E-state index in [-0.39, 0.29) is 5.82 Å². The summed E-state index contributed by atoms with van der Waals surface area (Å²) in [6.07, 6.45) is 5.84. The number of nitrogens with one attached hydrogen (secondary N) is 1. The van der Waals surface area contributed by atoms with E-state index >= 15 is 0 Å². The van der Waals surface area contributed by atoms with Gasteiger partial charge in [0.1, 0.15) is 17.4 Å². The maximum absolute atomic E-state index is 14.3. The van der Waals surface area contributed by atoms with E-state index in [0.717, 1.165) is 29.1 Å². The van der Waals surface area contributed by atoms with E-state index in [4.69, 9.17) is 4.42 Å². The van der Waals surface area contributed by atoms with Gasteiger partial charge in [-0.25, -0.2) is 13.9 Å². The lowest BCUT2D eigenvalue weighted by Gasteiger charge is -2.32. The Morgan fingerprint density at radius 3 is 3.00 bits per heavy atom. The van der Waals surface area contributed by atoms with Crippen LogP contribution in [-0.4, -0.2) is 41.3 Å². The minimum atomic E-state index is -0.391. The summed E-state index contributed by atoms with van der Waals surface area (Å²) in [5.74, 6) is 0.0613. The van der Waals surface area contributed by atoms with Gasteiger partial charge in [-0.15, -0.1) is 5.10 Å². The van der Waals surface area contributed by atoms with Crippen molar-refractivity contribution < 1.29 is 8.81 Å². The Morgan fingerprint density at radius 1 is 1.19 bits per heavy atom. The molecule has 154 valence electrons. The smallest absolute Gasteiger partial charge is 0.319 e. The summed E-state index contributed by atoms with van der Waals surface area (Å²) in [5, 5.41) is 13.1. The maximum atomic E-state index is 14.3. The molecule has 5 aromatic rings. The van der Waals surface area contributed by atoms with Gasteiger partial charge in [-0.1, -0.05) is 5.10 Å². The van der Waals surface area contributed by atoms with E-state index in [2.05, 4.69) is 30.2 Å². The van der Waals surface area contributed by atoms with Crippen molar-refractivity contribution in [3.63, 3.8) is 0 Å². The van der Waals surface area contributed by atoms with E-state index in [1.54, 1.807) is 30.9 Å². The van der Waals surface area contributed by atoms with Gasteiger partial charge in [0.15, 0.2) is 0 Å². The Morgan fingerprint density at radius 2 is 2.13 bits per heavy atom. The fourth-order valence-electron chi connectivity index (χ4n) is 4.07. The van der Waals surface area contributed by atoms with Gasteiger partial charge in [0.05, 0.1) is 23.3 Å². The number of pyridine rings is 2. The van der Waals surface area contributed by atoms with Gasteiger partial charge >= 0.3 is 6.01 Å². The van der Waals surface area contributed by atoms with E-state index in [0.29, 0.717) is 29.7 Å². The Bertz CT molecular complexity index is 1400. The van der Waals surface area contributed by atoms with Crippen molar-refractivity contribution >= 4 is 11.5 Å². The molecule has 0 aromatic carbocycles. The van der Waals surface area contributed by atoms with Crippen molar-refractivity contribution in [1.82, 2.24) is 34.8 Å². The second kappa shape index (κ2) is 6.73. The molecule has 0 bridgehead atoms. The van der Waals surface area contributed by atoms with Gasteiger partial charge in [0.25, 0.3) is 5.89 Å². The molecule has 1 aliphatic heterocycles. The number of aromatic nitrogens is 7. The molecular formula is C21H17FN8O. The third-order valence-electron chi connectivity index (χ3n) is 5.57. The molecule has 0 radical (unpaired) electrons. The summed E-state index contributed by atoms with van der Waals surface area (Å²) in [6.45, 7) is 2.51. The molecule has 1 atom stereocenters. The lowest BCUT2D eigenvalue weighted by atomic mass is 10.0. The van der Waals surface area contributed by atoms with Crippen LogP contribution in [0.3, 0.4) is 0 Å². The number of nitrogens with zero attached hydrogens (tertiary/aromatic N) is 7. The number of hydrogen-bond acceptors (Lipinski definition) is 7. The normalized spacial score (nSPS) is 16.1. The number of aromatic amines is 1. The van der Waals surface area contributed by atoms with Crippen LogP contribution in [-0.2, 0) is 6.42 Å². The van der Waals surface area contributed by atoms with E-state index in [1.165, 1.54) is 10.6 Å². The van der Waals surface area contributed by atoms with Crippen LogP contribution in [0.5, 0.6) is 0 Å². The molecule has 1 N–H and O–H groups in total. The summed E-state index contributed by atoms with van der Waals surface area (Å²) in [7, 11) is 0. The Kier molecular flexibility index (Phi) is 3.85. The third-order valence-corrected chi connectivity index (χ3v) is 5.57. The number of imidazole rings is 1. The standard InChI is InChI=1S/C21H17FN8O/c1-12-13(4-2-7-23-12)20-26-27-21(31-20)29-9-6-15-18(25-11-24-15)19(29)16-10-17-14(22)5-3-8-30(17)28-16/h2-5,7-8,10-11,19H,6,9H2,1H3,(H,24,25)/t19-/m0/s1. The fourth-order valence-corrected chi connectivity index (χ4v) is 4.07. The molecule has 1 aliphatic rings. The number of halogens is 1. The highest BCUT2D eigenvalue weighted by molar-refractivity contribution is 5.57. The van der Waals surface area contributed by atoms with Gasteiger partial charge in [-0.05, 0) is 37.3 Å². The minimum Gasteiger partial charge on any atom is -0.403 e.